The number of imide groups is 1. The number of benzene rings is 2. The molecule has 30 heavy (non-hydrogen) atoms. The van der Waals surface area contributed by atoms with Crippen LogP contribution in [0.3, 0.4) is 0 Å². The third-order valence-electron chi connectivity index (χ3n) is 4.06. The third-order valence-corrected chi connectivity index (χ3v) is 5.55. The maximum absolute atomic E-state index is 13.1. The second kappa shape index (κ2) is 9.83. The molecule has 0 aromatic heterocycles. The molecular weight excluding hydrogens is 473 g/mol. The summed E-state index contributed by atoms with van der Waals surface area (Å²) in [5.41, 5.74) is 1.32. The van der Waals surface area contributed by atoms with Crippen LogP contribution in [0, 0.1) is 18.2 Å². The monoisotopic (exact) mass is 489 g/mol. The standard InChI is InChI=1S/C22H17BrFNO4S/c1-3-9-29-20-17(23)10-15(11-18(20)28-4-2)12-19-21(26)25(22(27)30-19)13-14-5-7-16(24)8-6-14/h1,5-8,10-12H,4,9,13H2,2H3. The lowest BCUT2D eigenvalue weighted by Gasteiger charge is -2.13. The van der Waals surface area contributed by atoms with Gasteiger partial charge in [-0.25, -0.2) is 4.39 Å². The first-order valence-corrected chi connectivity index (χ1v) is 10.6. The van der Waals surface area contributed by atoms with Gasteiger partial charge in [0.2, 0.25) is 0 Å². The van der Waals surface area contributed by atoms with Gasteiger partial charge in [0.15, 0.2) is 11.5 Å². The van der Waals surface area contributed by atoms with Crippen molar-refractivity contribution in [1.29, 1.82) is 0 Å². The molecule has 1 saturated heterocycles. The maximum Gasteiger partial charge on any atom is 0.293 e. The SMILES string of the molecule is C#CCOc1c(Br)cc(C=C2SC(=O)N(Cc3ccc(F)cc3)C2=O)cc1OCC. The van der Waals surface area contributed by atoms with E-state index in [4.69, 9.17) is 15.9 Å². The molecule has 0 atom stereocenters. The van der Waals surface area contributed by atoms with Gasteiger partial charge in [-0.05, 0) is 76.1 Å². The minimum atomic E-state index is -0.406. The van der Waals surface area contributed by atoms with Gasteiger partial charge in [-0.3, -0.25) is 14.5 Å². The molecule has 2 aromatic carbocycles. The van der Waals surface area contributed by atoms with Crippen molar-refractivity contribution in [3.8, 4) is 23.8 Å². The van der Waals surface area contributed by atoms with Crippen molar-refractivity contribution in [2.45, 2.75) is 13.5 Å². The van der Waals surface area contributed by atoms with Gasteiger partial charge in [0, 0.05) is 0 Å². The number of carbonyl (C=O) groups excluding carboxylic acids is 2. The Kier molecular flexibility index (Phi) is 7.19. The van der Waals surface area contributed by atoms with Crippen molar-refractivity contribution in [3.05, 3.63) is 62.7 Å². The Labute approximate surface area is 186 Å². The number of carbonyl (C=O) groups is 2. The summed E-state index contributed by atoms with van der Waals surface area (Å²) in [4.78, 5) is 26.5. The average Bonchev–Trinajstić information content (AvgIpc) is 2.96. The van der Waals surface area contributed by atoms with Gasteiger partial charge in [-0.1, -0.05) is 18.1 Å². The number of terminal acetylenes is 1. The molecule has 2 amide bonds. The molecule has 0 radical (unpaired) electrons. The molecule has 0 N–H and O–H groups in total. The van der Waals surface area contributed by atoms with Crippen LogP contribution >= 0.6 is 27.7 Å². The van der Waals surface area contributed by atoms with Gasteiger partial charge >= 0.3 is 0 Å². The molecule has 0 unspecified atom stereocenters. The van der Waals surface area contributed by atoms with Crippen LogP contribution in [0.1, 0.15) is 18.1 Å². The molecule has 1 aliphatic rings. The van der Waals surface area contributed by atoms with Gasteiger partial charge in [0.05, 0.1) is 22.5 Å². The zero-order valence-electron chi connectivity index (χ0n) is 16.0. The Hall–Kier alpha value is -2.76. The number of rotatable bonds is 7. The molecule has 1 heterocycles. The minimum absolute atomic E-state index is 0.0784. The van der Waals surface area contributed by atoms with Crippen molar-refractivity contribution >= 4 is 44.9 Å². The second-order valence-electron chi connectivity index (χ2n) is 6.15. The predicted molar refractivity (Wildman–Crippen MR) is 118 cm³/mol. The zero-order valence-corrected chi connectivity index (χ0v) is 18.4. The first kappa shape index (κ1) is 21.9. The molecule has 0 spiro atoms. The number of hydrogen-bond donors (Lipinski definition) is 0. The Bertz CT molecular complexity index is 1050. The number of hydrogen-bond acceptors (Lipinski definition) is 5. The smallest absolute Gasteiger partial charge is 0.293 e. The average molecular weight is 490 g/mol. The van der Waals surface area contributed by atoms with E-state index in [9.17, 15) is 14.0 Å². The molecule has 0 bridgehead atoms. The van der Waals surface area contributed by atoms with E-state index in [1.165, 1.54) is 12.1 Å². The number of thioether (sulfide) groups is 1. The molecule has 1 fully saturated rings. The maximum atomic E-state index is 13.1. The number of ether oxygens (including phenoxy) is 2. The van der Waals surface area contributed by atoms with Crippen LogP contribution in [0.4, 0.5) is 9.18 Å². The van der Waals surface area contributed by atoms with E-state index >= 15 is 0 Å². The Morgan fingerprint density at radius 2 is 1.97 bits per heavy atom. The first-order chi connectivity index (χ1) is 14.4. The molecule has 0 aliphatic carbocycles. The molecular formula is C22H17BrFNO4S. The normalized spacial score (nSPS) is 14.9. The van der Waals surface area contributed by atoms with Crippen LogP contribution in [-0.2, 0) is 11.3 Å². The number of halogens is 2. The van der Waals surface area contributed by atoms with Crippen molar-refractivity contribution < 1.29 is 23.5 Å². The highest BCUT2D eigenvalue weighted by atomic mass is 79.9. The van der Waals surface area contributed by atoms with E-state index in [-0.39, 0.29) is 29.1 Å². The summed E-state index contributed by atoms with van der Waals surface area (Å²) >= 11 is 4.29. The summed E-state index contributed by atoms with van der Waals surface area (Å²) in [7, 11) is 0. The largest absolute Gasteiger partial charge is 0.490 e. The molecule has 8 heteroatoms. The molecule has 2 aromatic rings. The first-order valence-electron chi connectivity index (χ1n) is 8.95. The highest BCUT2D eigenvalue weighted by Crippen LogP contribution is 2.39. The number of amides is 2. The summed E-state index contributed by atoms with van der Waals surface area (Å²) in [5.74, 6) is 2.56. The topological polar surface area (TPSA) is 55.8 Å². The summed E-state index contributed by atoms with van der Waals surface area (Å²) in [6, 6.07) is 9.14. The lowest BCUT2D eigenvalue weighted by Crippen LogP contribution is -2.27. The molecule has 5 nitrogen and oxygen atoms in total. The lowest BCUT2D eigenvalue weighted by atomic mass is 10.1. The summed E-state index contributed by atoms with van der Waals surface area (Å²) in [6.07, 6.45) is 6.88. The summed E-state index contributed by atoms with van der Waals surface area (Å²) < 4.78 is 24.9. The van der Waals surface area contributed by atoms with Gasteiger partial charge < -0.3 is 9.47 Å². The van der Waals surface area contributed by atoms with Crippen molar-refractivity contribution in [2.75, 3.05) is 13.2 Å². The van der Waals surface area contributed by atoms with Crippen molar-refractivity contribution in [3.63, 3.8) is 0 Å². The fourth-order valence-electron chi connectivity index (χ4n) is 2.75. The van der Waals surface area contributed by atoms with E-state index < -0.39 is 5.91 Å². The molecule has 1 aliphatic heterocycles. The van der Waals surface area contributed by atoms with Crippen LogP contribution < -0.4 is 9.47 Å². The van der Waals surface area contributed by atoms with Gasteiger partial charge in [-0.15, -0.1) is 6.42 Å². The summed E-state index contributed by atoms with van der Waals surface area (Å²) in [5, 5.41) is -0.381. The highest BCUT2D eigenvalue weighted by molar-refractivity contribution is 9.10. The van der Waals surface area contributed by atoms with E-state index in [0.29, 0.717) is 33.7 Å². The zero-order chi connectivity index (χ0) is 21.7. The van der Waals surface area contributed by atoms with Crippen molar-refractivity contribution in [1.82, 2.24) is 4.90 Å². The summed E-state index contributed by atoms with van der Waals surface area (Å²) in [6.45, 7) is 2.41. The number of nitrogens with zero attached hydrogens (tertiary/aromatic N) is 1. The Morgan fingerprint density at radius 1 is 1.23 bits per heavy atom. The highest BCUT2D eigenvalue weighted by Gasteiger charge is 2.35. The molecule has 0 saturated carbocycles. The van der Waals surface area contributed by atoms with Crippen molar-refractivity contribution in [2.24, 2.45) is 0 Å². The van der Waals surface area contributed by atoms with Gasteiger partial charge in [-0.2, -0.15) is 0 Å². The minimum Gasteiger partial charge on any atom is -0.490 e. The van der Waals surface area contributed by atoms with E-state index in [0.717, 1.165) is 16.7 Å². The Morgan fingerprint density at radius 3 is 2.63 bits per heavy atom. The van der Waals surface area contributed by atoms with E-state index in [1.807, 2.05) is 6.92 Å². The van der Waals surface area contributed by atoms with E-state index in [2.05, 4.69) is 21.9 Å². The predicted octanol–water partition coefficient (Wildman–Crippen LogP) is 5.24. The fraction of sp³-hybridized carbons (Fsp3) is 0.182. The second-order valence-corrected chi connectivity index (χ2v) is 8.00. The van der Waals surface area contributed by atoms with Crippen LogP contribution in [0.5, 0.6) is 11.5 Å². The van der Waals surface area contributed by atoms with Gasteiger partial charge in [0.25, 0.3) is 11.1 Å². The molecule has 154 valence electrons. The quantitative estimate of drug-likeness (QED) is 0.393. The molecule has 3 rings (SSSR count). The van der Waals surface area contributed by atoms with Crippen LogP contribution in [0.15, 0.2) is 45.8 Å². The Balaban J connectivity index is 1.85. The van der Waals surface area contributed by atoms with Crippen LogP contribution in [0.2, 0.25) is 0 Å². The fourth-order valence-corrected chi connectivity index (χ4v) is 4.16. The van der Waals surface area contributed by atoms with E-state index in [1.54, 1.807) is 30.3 Å². The third kappa shape index (κ3) is 5.04. The van der Waals surface area contributed by atoms with Gasteiger partial charge in [0.1, 0.15) is 12.4 Å². The lowest BCUT2D eigenvalue weighted by molar-refractivity contribution is -0.123. The van der Waals surface area contributed by atoms with Crippen LogP contribution in [0.25, 0.3) is 6.08 Å². The van der Waals surface area contributed by atoms with Crippen LogP contribution in [-0.4, -0.2) is 29.3 Å².